The molecule has 31 heavy (non-hydrogen) atoms. The average molecular weight is 465 g/mol. The fourth-order valence-corrected chi connectivity index (χ4v) is 4.51. The molecule has 8 nitrogen and oxygen atoms in total. The zero-order valence-corrected chi connectivity index (χ0v) is 18.7. The maximum absolute atomic E-state index is 13.0. The van der Waals surface area contributed by atoms with Crippen LogP contribution in [0.2, 0.25) is 5.02 Å². The summed E-state index contributed by atoms with van der Waals surface area (Å²) in [6.07, 6.45) is -0.271. The van der Waals surface area contributed by atoms with Gasteiger partial charge in [0.15, 0.2) is 15.6 Å². The first kappa shape index (κ1) is 22.6. The lowest BCUT2D eigenvalue weighted by atomic mass is 10.1. The Labute approximate surface area is 185 Å². The Kier molecular flexibility index (Phi) is 6.87. The number of amides is 1. The van der Waals surface area contributed by atoms with E-state index in [9.17, 15) is 13.2 Å². The fourth-order valence-electron chi connectivity index (χ4n) is 2.90. The molecule has 0 unspecified atom stereocenters. The van der Waals surface area contributed by atoms with Crippen molar-refractivity contribution in [1.82, 2.24) is 5.16 Å². The number of ether oxygens (including phenoxy) is 2. The monoisotopic (exact) mass is 464 g/mol. The highest BCUT2D eigenvalue weighted by Crippen LogP contribution is 2.32. The van der Waals surface area contributed by atoms with Gasteiger partial charge in [-0.1, -0.05) is 16.8 Å². The molecule has 0 bridgehead atoms. The van der Waals surface area contributed by atoms with Crippen molar-refractivity contribution in [3.05, 3.63) is 53.2 Å². The second kappa shape index (κ2) is 9.40. The first-order valence-electron chi connectivity index (χ1n) is 9.21. The third kappa shape index (κ3) is 5.36. The van der Waals surface area contributed by atoms with E-state index in [0.717, 1.165) is 0 Å². The molecule has 1 heterocycles. The van der Waals surface area contributed by atoms with Crippen LogP contribution in [0.4, 0.5) is 5.69 Å². The number of sulfone groups is 1. The number of anilines is 1. The summed E-state index contributed by atoms with van der Waals surface area (Å²) in [5, 5.41) is 6.86. The number of benzene rings is 2. The van der Waals surface area contributed by atoms with E-state index < -0.39 is 21.5 Å². The van der Waals surface area contributed by atoms with E-state index in [2.05, 4.69) is 10.5 Å². The number of aromatic nitrogens is 1. The quantitative estimate of drug-likeness (QED) is 0.534. The Morgan fingerprint density at radius 1 is 1.10 bits per heavy atom. The molecule has 0 saturated heterocycles. The van der Waals surface area contributed by atoms with Gasteiger partial charge in [-0.3, -0.25) is 4.79 Å². The molecule has 0 fully saturated rings. The molecule has 1 amide bonds. The topological polar surface area (TPSA) is 108 Å². The molecular formula is C21H21ClN2O6S. The van der Waals surface area contributed by atoms with Crippen LogP contribution in [-0.2, 0) is 14.6 Å². The van der Waals surface area contributed by atoms with Crippen LogP contribution in [0.15, 0.2) is 51.9 Å². The summed E-state index contributed by atoms with van der Waals surface area (Å²) in [5.74, 6) is 0.110. The molecule has 164 valence electrons. The third-order valence-electron chi connectivity index (χ3n) is 4.44. The van der Waals surface area contributed by atoms with Gasteiger partial charge in [-0.05, 0) is 43.3 Å². The lowest BCUT2D eigenvalue weighted by molar-refractivity contribution is -0.115. The van der Waals surface area contributed by atoms with E-state index in [4.69, 9.17) is 25.6 Å². The van der Waals surface area contributed by atoms with E-state index in [1.54, 1.807) is 31.2 Å². The van der Waals surface area contributed by atoms with Crippen LogP contribution in [0.3, 0.4) is 0 Å². The van der Waals surface area contributed by atoms with Crippen molar-refractivity contribution in [3.8, 4) is 22.8 Å². The van der Waals surface area contributed by atoms with Crippen molar-refractivity contribution in [3.63, 3.8) is 0 Å². The molecule has 0 aliphatic heterocycles. The molecule has 0 radical (unpaired) electrons. The highest BCUT2D eigenvalue weighted by Gasteiger charge is 2.23. The Bertz CT molecular complexity index is 1210. The normalized spacial score (nSPS) is 11.2. The number of methoxy groups -OCH3 is 2. The summed E-state index contributed by atoms with van der Waals surface area (Å²) >= 11 is 5.96. The molecule has 10 heteroatoms. The van der Waals surface area contributed by atoms with Gasteiger partial charge < -0.3 is 19.3 Å². The summed E-state index contributed by atoms with van der Waals surface area (Å²) in [7, 11) is -1.01. The largest absolute Gasteiger partial charge is 0.495 e. The van der Waals surface area contributed by atoms with E-state index >= 15 is 0 Å². The van der Waals surface area contributed by atoms with Gasteiger partial charge in [-0.2, -0.15) is 0 Å². The summed E-state index contributed by atoms with van der Waals surface area (Å²) < 4.78 is 41.6. The molecule has 1 N–H and O–H groups in total. The molecule has 0 atom stereocenters. The highest BCUT2D eigenvalue weighted by molar-refractivity contribution is 7.91. The van der Waals surface area contributed by atoms with Gasteiger partial charge in [-0.25, -0.2) is 8.42 Å². The highest BCUT2D eigenvalue weighted by atomic mass is 35.5. The van der Waals surface area contributed by atoms with Gasteiger partial charge in [0.25, 0.3) is 0 Å². The van der Waals surface area contributed by atoms with Gasteiger partial charge in [-0.15, -0.1) is 0 Å². The lowest BCUT2D eigenvalue weighted by Crippen LogP contribution is -2.18. The minimum Gasteiger partial charge on any atom is -0.495 e. The van der Waals surface area contributed by atoms with Crippen LogP contribution in [0.25, 0.3) is 11.3 Å². The van der Waals surface area contributed by atoms with Gasteiger partial charge >= 0.3 is 0 Å². The Morgan fingerprint density at radius 3 is 2.45 bits per heavy atom. The second-order valence-corrected chi connectivity index (χ2v) is 9.17. The molecule has 0 spiro atoms. The second-order valence-electron chi connectivity index (χ2n) is 6.66. The molecule has 3 aromatic rings. The molecule has 0 aliphatic carbocycles. The molecule has 2 aromatic carbocycles. The van der Waals surface area contributed by atoms with Gasteiger partial charge in [0.2, 0.25) is 5.91 Å². The molecule has 0 saturated carbocycles. The van der Waals surface area contributed by atoms with Crippen molar-refractivity contribution in [2.45, 2.75) is 18.2 Å². The molecule has 0 aliphatic rings. The first-order valence-corrected chi connectivity index (χ1v) is 11.2. The van der Waals surface area contributed by atoms with Crippen LogP contribution >= 0.6 is 11.6 Å². The number of nitrogens with one attached hydrogen (secondary N) is 1. The number of hydrogen-bond donors (Lipinski definition) is 1. The van der Waals surface area contributed by atoms with Crippen molar-refractivity contribution in [2.24, 2.45) is 0 Å². The van der Waals surface area contributed by atoms with Gasteiger partial charge in [0.1, 0.15) is 16.4 Å². The van der Waals surface area contributed by atoms with Gasteiger partial charge in [0, 0.05) is 23.1 Å². The minimum atomic E-state index is -3.84. The van der Waals surface area contributed by atoms with Crippen molar-refractivity contribution in [1.29, 1.82) is 0 Å². The lowest BCUT2D eigenvalue weighted by Gasteiger charge is -2.12. The number of carbonyl (C=O) groups is 1. The first-order chi connectivity index (χ1) is 14.7. The third-order valence-corrected chi connectivity index (χ3v) is 6.41. The Morgan fingerprint density at radius 2 is 1.81 bits per heavy atom. The average Bonchev–Trinajstić information content (AvgIpc) is 3.18. The standard InChI is InChI=1S/C21H21ClN2O6S/c1-13-10-19(30-24-13)14-4-6-18(29-3)20(11-14)31(26,27)9-8-21(25)23-16-12-15(22)5-7-17(16)28-2/h4-7,10-12H,8-9H2,1-3H3,(H,23,25). The van der Waals surface area contributed by atoms with Crippen molar-refractivity contribution < 1.29 is 27.2 Å². The zero-order valence-electron chi connectivity index (χ0n) is 17.1. The summed E-state index contributed by atoms with van der Waals surface area (Å²) in [5.41, 5.74) is 1.56. The van der Waals surface area contributed by atoms with Crippen molar-refractivity contribution >= 4 is 33.0 Å². The molecule has 3 rings (SSSR count). The number of carbonyl (C=O) groups excluding carboxylic acids is 1. The van der Waals surface area contributed by atoms with Crippen molar-refractivity contribution in [2.75, 3.05) is 25.3 Å². The SMILES string of the molecule is COc1ccc(Cl)cc1NC(=O)CCS(=O)(=O)c1cc(-c2cc(C)no2)ccc1OC. The van der Waals surface area contributed by atoms with Gasteiger partial charge in [0.05, 0.1) is 31.4 Å². The van der Waals surface area contributed by atoms with E-state index in [1.165, 1.54) is 32.4 Å². The van der Waals surface area contributed by atoms with Crippen LogP contribution in [-0.4, -0.2) is 39.5 Å². The molecule has 1 aromatic heterocycles. The van der Waals surface area contributed by atoms with E-state index in [1.807, 2.05) is 0 Å². The van der Waals surface area contributed by atoms with Crippen LogP contribution in [0.5, 0.6) is 11.5 Å². The van der Waals surface area contributed by atoms with Crippen LogP contribution < -0.4 is 14.8 Å². The van der Waals surface area contributed by atoms with Crippen LogP contribution in [0.1, 0.15) is 12.1 Å². The maximum atomic E-state index is 13.0. The van der Waals surface area contributed by atoms with E-state index in [-0.39, 0.29) is 17.1 Å². The summed E-state index contributed by atoms with van der Waals surface area (Å²) in [4.78, 5) is 12.4. The number of aryl methyl sites for hydroxylation is 1. The number of halogens is 1. The smallest absolute Gasteiger partial charge is 0.225 e. The molecular weight excluding hydrogens is 444 g/mol. The fraction of sp³-hybridized carbons (Fsp3) is 0.238. The number of nitrogens with zero attached hydrogens (tertiary/aromatic N) is 1. The zero-order chi connectivity index (χ0) is 22.6. The number of rotatable bonds is 8. The van der Waals surface area contributed by atoms with E-state index in [0.29, 0.717) is 33.5 Å². The maximum Gasteiger partial charge on any atom is 0.225 e. The Balaban J connectivity index is 1.79. The van der Waals surface area contributed by atoms with Crippen LogP contribution in [0, 0.1) is 6.92 Å². The predicted octanol–water partition coefficient (Wildman–Crippen LogP) is 4.12. The minimum absolute atomic E-state index is 0.0327. The predicted molar refractivity (Wildman–Crippen MR) is 117 cm³/mol. The Hall–Kier alpha value is -3.04. The number of hydrogen-bond acceptors (Lipinski definition) is 7. The summed E-state index contributed by atoms with van der Waals surface area (Å²) in [6, 6.07) is 11.1. The summed E-state index contributed by atoms with van der Waals surface area (Å²) in [6.45, 7) is 1.77.